The second kappa shape index (κ2) is 8.91. The first-order valence-corrected chi connectivity index (χ1v) is 11.4. The molecule has 4 N–H and O–H groups in total. The van der Waals surface area contributed by atoms with Gasteiger partial charge in [0.05, 0.1) is 28.5 Å². The highest BCUT2D eigenvalue weighted by Gasteiger charge is 2.44. The van der Waals surface area contributed by atoms with Crippen LogP contribution in [0.4, 0.5) is 0 Å². The molecule has 7 heteroatoms. The molecule has 5 atom stereocenters. The van der Waals surface area contributed by atoms with Gasteiger partial charge in [-0.25, -0.2) is 0 Å². The number of aliphatic hydroxyl groups excluding tert-OH is 4. The minimum absolute atomic E-state index is 0.289. The molecule has 160 valence electrons. The summed E-state index contributed by atoms with van der Waals surface area (Å²) in [6.07, 6.45) is -0.0755. The zero-order valence-corrected chi connectivity index (χ0v) is 18.2. The summed E-state index contributed by atoms with van der Waals surface area (Å²) < 4.78 is 1.91. The van der Waals surface area contributed by atoms with Gasteiger partial charge >= 0.3 is 0 Å². The molecule has 0 bridgehead atoms. The van der Waals surface area contributed by atoms with Crippen LogP contribution in [0.25, 0.3) is 10.9 Å². The molecule has 0 amide bonds. The lowest BCUT2D eigenvalue weighted by atomic mass is 10.0. The van der Waals surface area contributed by atoms with Gasteiger partial charge in [0.15, 0.2) is 0 Å². The summed E-state index contributed by atoms with van der Waals surface area (Å²) in [6, 6.07) is 14.1. The van der Waals surface area contributed by atoms with Crippen molar-refractivity contribution in [3.05, 3.63) is 70.4 Å². The van der Waals surface area contributed by atoms with E-state index in [4.69, 9.17) is 11.6 Å². The van der Waals surface area contributed by atoms with Gasteiger partial charge in [-0.3, -0.25) is 0 Å². The van der Waals surface area contributed by atoms with Gasteiger partial charge in [0.1, 0.15) is 17.6 Å². The van der Waals surface area contributed by atoms with Crippen LogP contribution in [0, 0.1) is 0 Å². The molecule has 1 aliphatic heterocycles. The fourth-order valence-electron chi connectivity index (χ4n) is 4.12. The van der Waals surface area contributed by atoms with Crippen molar-refractivity contribution < 1.29 is 20.4 Å². The smallest absolute Gasteiger partial charge is 0.112 e. The molecular weight excluding hydrogens is 422 g/mol. The maximum Gasteiger partial charge on any atom is 0.112 e. The Bertz CT molecular complexity index is 1020. The molecule has 4 rings (SSSR count). The Morgan fingerprint density at radius 1 is 0.967 bits per heavy atom. The van der Waals surface area contributed by atoms with Gasteiger partial charge in [0.2, 0.25) is 0 Å². The van der Waals surface area contributed by atoms with Crippen molar-refractivity contribution >= 4 is 34.3 Å². The highest BCUT2D eigenvalue weighted by Crippen LogP contribution is 2.43. The predicted molar refractivity (Wildman–Crippen MR) is 121 cm³/mol. The Hall–Kier alpha value is -1.54. The van der Waals surface area contributed by atoms with Gasteiger partial charge in [0.25, 0.3) is 0 Å². The van der Waals surface area contributed by atoms with Crippen LogP contribution >= 0.6 is 23.4 Å². The van der Waals surface area contributed by atoms with Gasteiger partial charge in [-0.2, -0.15) is 0 Å². The van der Waals surface area contributed by atoms with Gasteiger partial charge in [-0.1, -0.05) is 48.9 Å². The number of hydrogen-bond acceptors (Lipinski definition) is 5. The Morgan fingerprint density at radius 3 is 2.33 bits per heavy atom. The standard InChI is InChI=1S/C23H26ClNO4S/c1-2-13-6-8-14(9-7-13)10-15-11-25(17-5-3-4-16(24)19(15)17)23-22(29)21(28)20(27)18(12-26)30-23/h3-9,11,18,20-23,26-29H,2,10,12H2,1H3/t18-,20-,21+,22-,23?/m1/s1. The lowest BCUT2D eigenvalue weighted by Gasteiger charge is -2.40. The Kier molecular flexibility index (Phi) is 6.44. The number of fused-ring (bicyclic) bond motifs is 1. The molecule has 1 aliphatic rings. The molecule has 0 radical (unpaired) electrons. The molecule has 3 aromatic rings. The summed E-state index contributed by atoms with van der Waals surface area (Å²) >= 11 is 7.82. The number of rotatable bonds is 5. The summed E-state index contributed by atoms with van der Waals surface area (Å²) in [5.74, 6) is 0. The summed E-state index contributed by atoms with van der Waals surface area (Å²) in [6.45, 7) is 1.84. The third-order valence-electron chi connectivity index (χ3n) is 5.85. The number of benzene rings is 2. The average Bonchev–Trinajstić information content (AvgIpc) is 3.12. The molecule has 2 heterocycles. The van der Waals surface area contributed by atoms with Crippen LogP contribution in [-0.2, 0) is 12.8 Å². The fourth-order valence-corrected chi connectivity index (χ4v) is 5.80. The van der Waals surface area contributed by atoms with E-state index in [9.17, 15) is 20.4 Å². The average molecular weight is 448 g/mol. The van der Waals surface area contributed by atoms with Crippen LogP contribution in [0.5, 0.6) is 0 Å². The second-order valence-electron chi connectivity index (χ2n) is 7.76. The van der Waals surface area contributed by atoms with Crippen LogP contribution in [0.3, 0.4) is 0 Å². The van der Waals surface area contributed by atoms with Crippen molar-refractivity contribution in [2.45, 2.75) is 48.7 Å². The van der Waals surface area contributed by atoms with Crippen LogP contribution in [-0.4, -0.2) is 55.2 Å². The van der Waals surface area contributed by atoms with E-state index < -0.39 is 28.9 Å². The maximum atomic E-state index is 10.7. The monoisotopic (exact) mass is 447 g/mol. The quantitative estimate of drug-likeness (QED) is 0.483. The van der Waals surface area contributed by atoms with Crippen LogP contribution < -0.4 is 0 Å². The summed E-state index contributed by atoms with van der Waals surface area (Å²) in [5.41, 5.74) is 4.31. The molecule has 5 nitrogen and oxygen atoms in total. The molecule has 30 heavy (non-hydrogen) atoms. The van der Waals surface area contributed by atoms with Crippen LogP contribution in [0.2, 0.25) is 5.02 Å². The van der Waals surface area contributed by atoms with E-state index in [0.29, 0.717) is 11.4 Å². The van der Waals surface area contributed by atoms with E-state index in [0.717, 1.165) is 28.5 Å². The van der Waals surface area contributed by atoms with E-state index in [1.54, 1.807) is 0 Å². The molecule has 1 unspecified atom stereocenters. The summed E-state index contributed by atoms with van der Waals surface area (Å²) in [5, 5.41) is 41.2. The first kappa shape index (κ1) is 21.7. The molecule has 1 saturated heterocycles. The molecular formula is C23H26ClNO4S. The number of aliphatic hydroxyl groups is 4. The predicted octanol–water partition coefficient (Wildman–Crippen LogP) is 3.14. The van der Waals surface area contributed by atoms with Crippen molar-refractivity contribution in [1.82, 2.24) is 4.57 Å². The zero-order chi connectivity index (χ0) is 21.4. The molecule has 0 saturated carbocycles. The Labute approximate surface area is 184 Å². The van der Waals surface area contributed by atoms with Gasteiger partial charge < -0.3 is 25.0 Å². The van der Waals surface area contributed by atoms with E-state index >= 15 is 0 Å². The minimum Gasteiger partial charge on any atom is -0.395 e. The highest BCUT2D eigenvalue weighted by molar-refractivity contribution is 8.00. The fraction of sp³-hybridized carbons (Fsp3) is 0.391. The van der Waals surface area contributed by atoms with Crippen LogP contribution in [0.15, 0.2) is 48.7 Å². The van der Waals surface area contributed by atoms with Gasteiger partial charge in [-0.15, -0.1) is 11.8 Å². The van der Waals surface area contributed by atoms with E-state index in [2.05, 4.69) is 31.2 Å². The van der Waals surface area contributed by atoms with E-state index in [1.807, 2.05) is 29.0 Å². The SMILES string of the molecule is CCc1ccc(Cc2cn(C3S[C@H](CO)[C@@H](O)[C@H](O)[C@H]3O)c3cccc(Cl)c23)cc1. The first-order valence-electron chi connectivity index (χ1n) is 10.1. The first-order chi connectivity index (χ1) is 14.4. The van der Waals surface area contributed by atoms with Crippen molar-refractivity contribution in [3.63, 3.8) is 0 Å². The second-order valence-corrected chi connectivity index (χ2v) is 9.53. The number of nitrogens with zero attached hydrogens (tertiary/aromatic N) is 1. The maximum absolute atomic E-state index is 10.7. The topological polar surface area (TPSA) is 85.9 Å². The Morgan fingerprint density at radius 2 is 1.67 bits per heavy atom. The van der Waals surface area contributed by atoms with Crippen molar-refractivity contribution in [1.29, 1.82) is 0 Å². The van der Waals surface area contributed by atoms with Crippen LogP contribution in [0.1, 0.15) is 29.0 Å². The van der Waals surface area contributed by atoms with Gasteiger partial charge in [0, 0.05) is 11.6 Å². The van der Waals surface area contributed by atoms with Gasteiger partial charge in [-0.05, 0) is 41.7 Å². The molecule has 1 aromatic heterocycles. The van der Waals surface area contributed by atoms with Crippen molar-refractivity contribution in [2.24, 2.45) is 0 Å². The lowest BCUT2D eigenvalue weighted by Crippen LogP contribution is -2.52. The van der Waals surface area contributed by atoms with Crippen molar-refractivity contribution in [3.8, 4) is 0 Å². The third-order valence-corrected chi connectivity index (χ3v) is 7.73. The molecule has 2 aromatic carbocycles. The zero-order valence-electron chi connectivity index (χ0n) is 16.6. The lowest BCUT2D eigenvalue weighted by molar-refractivity contribution is -0.0764. The largest absolute Gasteiger partial charge is 0.395 e. The molecule has 0 spiro atoms. The summed E-state index contributed by atoms with van der Waals surface area (Å²) in [7, 11) is 0. The number of hydrogen-bond donors (Lipinski definition) is 4. The van der Waals surface area contributed by atoms with E-state index in [-0.39, 0.29) is 6.61 Å². The Balaban J connectivity index is 1.76. The number of thioether (sulfide) groups is 1. The molecule has 1 fully saturated rings. The number of aromatic nitrogens is 1. The normalized spacial score (nSPS) is 26.9. The number of aryl methyl sites for hydroxylation is 1. The summed E-state index contributed by atoms with van der Waals surface area (Å²) in [4.78, 5) is 0. The third kappa shape index (κ3) is 3.88. The number of halogens is 1. The molecule has 0 aliphatic carbocycles. The highest BCUT2D eigenvalue weighted by atomic mass is 35.5. The van der Waals surface area contributed by atoms with E-state index in [1.165, 1.54) is 17.3 Å². The minimum atomic E-state index is -1.34. The van der Waals surface area contributed by atoms with Crippen molar-refractivity contribution in [2.75, 3.05) is 6.61 Å².